The minimum atomic E-state index is -0.938. The molecule has 0 radical (unpaired) electrons. The van der Waals surface area contributed by atoms with E-state index in [1.807, 2.05) is 58.9 Å². The lowest BCUT2D eigenvalue weighted by atomic mass is 9.82. The largest absolute Gasteiger partial charge is 0.442 e. The second kappa shape index (κ2) is 12.4. The maximum absolute atomic E-state index is 14.5. The fraction of sp³-hybridized carbons (Fsp3) is 0.417. The number of benzene rings is 2. The standard InChI is InChI=1S/C36H41FN6O4/c1-20(2)21(3)35(46)47-19-43-23(5)30(22(4)41-43)24-8-11-27(12-9-24)39-34(45)32(40-33(44)29-13-16-38-42(29)6)31-28-17-26(37)10-7-25(28)18-36(31)14-15-36/h7-13,16-17,20-21,31-32H,14-15,18-19H2,1-6H3,(H,39,45)(H,40,44)/t21-,31?,32-/m0/s1. The third kappa shape index (κ3) is 6.18. The van der Waals surface area contributed by atoms with Crippen LogP contribution in [0.25, 0.3) is 11.1 Å². The summed E-state index contributed by atoms with van der Waals surface area (Å²) in [6, 6.07) is 12.8. The molecule has 1 spiro atoms. The summed E-state index contributed by atoms with van der Waals surface area (Å²) in [5.74, 6) is -1.83. The quantitative estimate of drug-likeness (QED) is 0.215. The number of aryl methyl sites for hydroxylation is 2. The van der Waals surface area contributed by atoms with E-state index in [-0.39, 0.29) is 47.6 Å². The monoisotopic (exact) mass is 640 g/mol. The lowest BCUT2D eigenvalue weighted by Crippen LogP contribution is -2.49. The molecule has 2 aliphatic rings. The number of carbonyl (C=O) groups is 3. The van der Waals surface area contributed by atoms with Gasteiger partial charge in [0, 0.05) is 36.1 Å². The number of carbonyl (C=O) groups excluding carboxylic acids is 3. The molecule has 10 nitrogen and oxygen atoms in total. The number of nitrogens with one attached hydrogen (secondary N) is 2. The average Bonchev–Trinajstić information content (AvgIpc) is 3.41. The van der Waals surface area contributed by atoms with Crippen molar-refractivity contribution in [1.82, 2.24) is 24.9 Å². The molecule has 2 heterocycles. The first-order chi connectivity index (χ1) is 22.4. The number of nitrogens with zero attached hydrogens (tertiary/aromatic N) is 4. The summed E-state index contributed by atoms with van der Waals surface area (Å²) in [5.41, 5.74) is 5.91. The Balaban J connectivity index is 1.23. The first-order valence-corrected chi connectivity index (χ1v) is 16.1. The van der Waals surface area contributed by atoms with Gasteiger partial charge in [0.05, 0.1) is 11.6 Å². The van der Waals surface area contributed by atoms with Crippen LogP contribution in [-0.2, 0) is 34.5 Å². The van der Waals surface area contributed by atoms with Crippen LogP contribution in [0.4, 0.5) is 10.1 Å². The molecule has 47 heavy (non-hydrogen) atoms. The zero-order valence-corrected chi connectivity index (χ0v) is 27.6. The Kier molecular flexibility index (Phi) is 8.50. The zero-order valence-electron chi connectivity index (χ0n) is 27.6. The van der Waals surface area contributed by atoms with Crippen LogP contribution in [0.15, 0.2) is 54.7 Å². The third-order valence-corrected chi connectivity index (χ3v) is 10.0. The molecule has 246 valence electrons. The van der Waals surface area contributed by atoms with Crippen molar-refractivity contribution in [2.45, 2.75) is 72.6 Å². The highest BCUT2D eigenvalue weighted by molar-refractivity contribution is 6.01. The predicted molar refractivity (Wildman–Crippen MR) is 175 cm³/mol. The number of hydrogen-bond donors (Lipinski definition) is 2. The number of halogens is 1. The molecule has 1 fully saturated rings. The number of amides is 2. The van der Waals surface area contributed by atoms with Crippen molar-refractivity contribution < 1.29 is 23.5 Å². The first kappa shape index (κ1) is 32.2. The van der Waals surface area contributed by atoms with Gasteiger partial charge >= 0.3 is 5.97 Å². The van der Waals surface area contributed by atoms with Crippen molar-refractivity contribution in [3.63, 3.8) is 0 Å². The van der Waals surface area contributed by atoms with Crippen LogP contribution in [0, 0.1) is 36.9 Å². The Labute approximate surface area is 273 Å². The Morgan fingerprint density at radius 1 is 1.06 bits per heavy atom. The van der Waals surface area contributed by atoms with E-state index in [4.69, 9.17) is 4.74 Å². The SMILES string of the molecule is Cc1nn(COC(=O)[C@@H](C)C(C)C)c(C)c1-c1ccc(NC(=O)[C@@H](NC(=O)c2ccnn2C)C2c3cc(F)ccc3CC23CC3)cc1. The van der Waals surface area contributed by atoms with Gasteiger partial charge in [0.1, 0.15) is 17.6 Å². The summed E-state index contributed by atoms with van der Waals surface area (Å²) in [6.45, 7) is 9.67. The Morgan fingerprint density at radius 2 is 1.79 bits per heavy atom. The maximum Gasteiger partial charge on any atom is 0.310 e. The highest BCUT2D eigenvalue weighted by atomic mass is 19.1. The van der Waals surface area contributed by atoms with Crippen molar-refractivity contribution in [3.8, 4) is 11.1 Å². The summed E-state index contributed by atoms with van der Waals surface area (Å²) >= 11 is 0. The highest BCUT2D eigenvalue weighted by Crippen LogP contribution is 2.64. The van der Waals surface area contributed by atoms with Crippen LogP contribution in [0.2, 0.25) is 0 Å². The zero-order chi connectivity index (χ0) is 33.6. The van der Waals surface area contributed by atoms with Crippen LogP contribution in [0.5, 0.6) is 0 Å². The maximum atomic E-state index is 14.5. The van der Waals surface area contributed by atoms with Gasteiger partial charge in [0.15, 0.2) is 6.73 Å². The second-order valence-electron chi connectivity index (χ2n) is 13.4. The van der Waals surface area contributed by atoms with Crippen molar-refractivity contribution in [2.24, 2.45) is 24.3 Å². The van der Waals surface area contributed by atoms with E-state index in [0.29, 0.717) is 11.4 Å². The van der Waals surface area contributed by atoms with E-state index in [1.165, 1.54) is 23.0 Å². The van der Waals surface area contributed by atoms with E-state index in [2.05, 4.69) is 20.8 Å². The van der Waals surface area contributed by atoms with Gasteiger partial charge in [-0.05, 0) is 91.5 Å². The molecule has 1 unspecified atom stereocenters. The fourth-order valence-corrected chi connectivity index (χ4v) is 6.84. The molecule has 4 aromatic rings. The van der Waals surface area contributed by atoms with Gasteiger partial charge in [-0.25, -0.2) is 9.07 Å². The fourth-order valence-electron chi connectivity index (χ4n) is 6.84. The molecule has 0 aliphatic heterocycles. The Morgan fingerprint density at radius 3 is 2.43 bits per heavy atom. The number of rotatable bonds is 10. The molecule has 3 atom stereocenters. The van der Waals surface area contributed by atoms with Crippen molar-refractivity contribution in [2.75, 3.05) is 5.32 Å². The molecule has 2 aromatic heterocycles. The summed E-state index contributed by atoms with van der Waals surface area (Å²) in [4.78, 5) is 39.9. The first-order valence-electron chi connectivity index (χ1n) is 16.1. The molecule has 0 saturated heterocycles. The van der Waals surface area contributed by atoms with Gasteiger partial charge < -0.3 is 15.4 Å². The number of esters is 1. The Bertz CT molecular complexity index is 1840. The normalized spacial score (nSPS) is 17.3. The molecule has 2 N–H and O–H groups in total. The molecule has 6 rings (SSSR count). The summed E-state index contributed by atoms with van der Waals surface area (Å²) in [6.07, 6.45) is 4.07. The third-order valence-electron chi connectivity index (χ3n) is 10.0. The number of aromatic nitrogens is 4. The van der Waals surface area contributed by atoms with Crippen LogP contribution in [0.1, 0.15) is 72.5 Å². The summed E-state index contributed by atoms with van der Waals surface area (Å²) in [5, 5.41) is 14.7. The predicted octanol–water partition coefficient (Wildman–Crippen LogP) is 5.69. The summed E-state index contributed by atoms with van der Waals surface area (Å²) < 4.78 is 23.2. The highest BCUT2D eigenvalue weighted by Gasteiger charge is 2.58. The van der Waals surface area contributed by atoms with Gasteiger partial charge in [-0.15, -0.1) is 0 Å². The smallest absolute Gasteiger partial charge is 0.310 e. The van der Waals surface area contributed by atoms with Crippen LogP contribution < -0.4 is 10.6 Å². The molecular formula is C36H41FN6O4. The van der Waals surface area contributed by atoms with E-state index in [1.54, 1.807) is 23.9 Å². The molecule has 2 amide bonds. The van der Waals surface area contributed by atoms with Gasteiger partial charge in [0.2, 0.25) is 5.91 Å². The van der Waals surface area contributed by atoms with Gasteiger partial charge in [-0.2, -0.15) is 10.2 Å². The van der Waals surface area contributed by atoms with E-state index < -0.39 is 11.9 Å². The average molecular weight is 641 g/mol. The van der Waals surface area contributed by atoms with Crippen LogP contribution >= 0.6 is 0 Å². The summed E-state index contributed by atoms with van der Waals surface area (Å²) in [7, 11) is 1.67. The van der Waals surface area contributed by atoms with Gasteiger partial charge in [-0.1, -0.05) is 39.0 Å². The lowest BCUT2D eigenvalue weighted by molar-refractivity contribution is -0.153. The van der Waals surface area contributed by atoms with Crippen LogP contribution in [-0.4, -0.2) is 43.4 Å². The molecule has 1 saturated carbocycles. The number of ether oxygens (including phenoxy) is 1. The number of fused-ring (bicyclic) bond motifs is 1. The molecule has 11 heteroatoms. The van der Waals surface area contributed by atoms with E-state index >= 15 is 0 Å². The molecule has 2 aliphatic carbocycles. The lowest BCUT2D eigenvalue weighted by Gasteiger charge is -2.29. The van der Waals surface area contributed by atoms with Crippen molar-refractivity contribution in [3.05, 3.63) is 88.8 Å². The van der Waals surface area contributed by atoms with Crippen LogP contribution in [0.3, 0.4) is 0 Å². The van der Waals surface area contributed by atoms with E-state index in [9.17, 15) is 18.8 Å². The Hall–Kier alpha value is -4.80. The topological polar surface area (TPSA) is 120 Å². The molecular weight excluding hydrogens is 599 g/mol. The van der Waals surface area contributed by atoms with Gasteiger partial charge in [-0.3, -0.25) is 19.1 Å². The molecule has 0 bridgehead atoms. The molecule has 2 aromatic carbocycles. The van der Waals surface area contributed by atoms with E-state index in [0.717, 1.165) is 52.9 Å². The van der Waals surface area contributed by atoms with Crippen molar-refractivity contribution >= 4 is 23.5 Å². The second-order valence-corrected chi connectivity index (χ2v) is 13.4. The van der Waals surface area contributed by atoms with Gasteiger partial charge in [0.25, 0.3) is 5.91 Å². The minimum absolute atomic E-state index is 0.0261. The minimum Gasteiger partial charge on any atom is -0.442 e. The van der Waals surface area contributed by atoms with Crippen molar-refractivity contribution in [1.29, 1.82) is 0 Å². The number of anilines is 1. The number of hydrogen-bond acceptors (Lipinski definition) is 6.